The van der Waals surface area contributed by atoms with Crippen molar-refractivity contribution in [2.24, 2.45) is 0 Å². The summed E-state index contributed by atoms with van der Waals surface area (Å²) < 4.78 is 8.26. The molecule has 1 aliphatic heterocycles. The molecule has 6 nitrogen and oxygen atoms in total. The zero-order valence-electron chi connectivity index (χ0n) is 16.2. The van der Waals surface area contributed by atoms with Crippen LogP contribution < -0.4 is 10.1 Å². The Morgan fingerprint density at radius 3 is 2.63 bits per heavy atom. The Morgan fingerprint density at radius 2 is 1.83 bits per heavy atom. The highest BCUT2D eigenvalue weighted by molar-refractivity contribution is 6.30. The maximum absolute atomic E-state index is 6.22. The molecule has 0 spiro atoms. The maximum atomic E-state index is 6.22. The van der Waals surface area contributed by atoms with Gasteiger partial charge in [-0.25, -0.2) is 4.98 Å². The summed E-state index contributed by atoms with van der Waals surface area (Å²) in [6.07, 6.45) is 4.05. The highest BCUT2D eigenvalue weighted by atomic mass is 35.5. The maximum Gasteiger partial charge on any atom is 0.214 e. The largest absolute Gasteiger partial charge is 0.474 e. The van der Waals surface area contributed by atoms with Crippen LogP contribution in [-0.2, 0) is 13.1 Å². The van der Waals surface area contributed by atoms with Gasteiger partial charge in [0.2, 0.25) is 5.88 Å². The summed E-state index contributed by atoms with van der Waals surface area (Å²) in [5.41, 5.74) is 2.29. The molecule has 9 heteroatoms. The lowest BCUT2D eigenvalue weighted by Gasteiger charge is -2.28. The summed E-state index contributed by atoms with van der Waals surface area (Å²) in [7, 11) is 0. The van der Waals surface area contributed by atoms with Crippen molar-refractivity contribution in [3.05, 3.63) is 63.8 Å². The van der Waals surface area contributed by atoms with Gasteiger partial charge in [-0.2, -0.15) is 0 Å². The van der Waals surface area contributed by atoms with Gasteiger partial charge in [0.1, 0.15) is 17.1 Å². The van der Waals surface area contributed by atoms with E-state index in [-0.39, 0.29) is 18.5 Å². The van der Waals surface area contributed by atoms with Crippen LogP contribution in [0.15, 0.2) is 36.4 Å². The second kappa shape index (κ2) is 9.10. The Labute approximate surface area is 191 Å². The van der Waals surface area contributed by atoms with E-state index in [1.165, 1.54) is 5.56 Å². The SMILES string of the molecule is Cl.Clc1ccc2c(c1)CNCc1nnc([C@H]3CC[C@H](Oc4cccc(Cl)n4)CC3)n1-2. The van der Waals surface area contributed by atoms with Crippen LogP contribution in [0.2, 0.25) is 10.2 Å². The van der Waals surface area contributed by atoms with Gasteiger partial charge in [-0.15, -0.1) is 22.6 Å². The highest BCUT2D eigenvalue weighted by Crippen LogP contribution is 2.36. The third-order valence-corrected chi connectivity index (χ3v) is 6.10. The Morgan fingerprint density at radius 1 is 1.00 bits per heavy atom. The number of nitrogens with zero attached hydrogens (tertiary/aromatic N) is 4. The Bertz CT molecular complexity index is 1030. The molecule has 3 aromatic rings. The molecule has 0 atom stereocenters. The average molecular weight is 467 g/mol. The van der Waals surface area contributed by atoms with Crippen LogP contribution in [0.25, 0.3) is 5.69 Å². The number of benzene rings is 1. The molecule has 0 saturated heterocycles. The molecule has 158 valence electrons. The first-order valence-corrected chi connectivity index (χ1v) is 10.7. The van der Waals surface area contributed by atoms with E-state index in [2.05, 4.69) is 31.1 Å². The summed E-state index contributed by atoms with van der Waals surface area (Å²) in [6, 6.07) is 11.5. The standard InChI is InChI=1S/C21H21Cl2N5O.ClH/c22-15-6-9-17-14(10-15)11-24-12-19-26-27-21(28(17)19)13-4-7-16(8-5-13)29-20-3-1-2-18(23)25-20;/h1-3,6,9-10,13,16,24H,4-5,7-8,11-12H2;1H/t13-,16-;. The fourth-order valence-corrected chi connectivity index (χ4v) is 4.61. The molecule has 1 aliphatic carbocycles. The van der Waals surface area contributed by atoms with Crippen molar-refractivity contribution in [3.8, 4) is 11.6 Å². The fraction of sp³-hybridized carbons (Fsp3) is 0.381. The van der Waals surface area contributed by atoms with Crippen LogP contribution in [0, 0.1) is 0 Å². The quantitative estimate of drug-likeness (QED) is 0.544. The molecule has 1 aromatic carbocycles. The van der Waals surface area contributed by atoms with Crippen molar-refractivity contribution in [2.45, 2.75) is 50.8 Å². The molecule has 1 fully saturated rings. The van der Waals surface area contributed by atoms with Crippen molar-refractivity contribution in [2.75, 3.05) is 0 Å². The van der Waals surface area contributed by atoms with Gasteiger partial charge in [-0.1, -0.05) is 29.3 Å². The second-order valence-electron chi connectivity index (χ2n) is 7.58. The van der Waals surface area contributed by atoms with E-state index in [1.54, 1.807) is 6.07 Å². The van der Waals surface area contributed by atoms with E-state index in [0.29, 0.717) is 23.5 Å². The third-order valence-electron chi connectivity index (χ3n) is 5.65. The number of fused-ring (bicyclic) bond motifs is 3. The molecule has 3 heterocycles. The molecular weight excluding hydrogens is 445 g/mol. The first-order chi connectivity index (χ1) is 14.2. The molecular formula is C21H22Cl3N5O. The van der Waals surface area contributed by atoms with Gasteiger partial charge in [-0.3, -0.25) is 4.57 Å². The van der Waals surface area contributed by atoms with Crippen molar-refractivity contribution in [1.29, 1.82) is 0 Å². The Kier molecular flexibility index (Phi) is 6.48. The van der Waals surface area contributed by atoms with Crippen LogP contribution in [0.4, 0.5) is 0 Å². The minimum absolute atomic E-state index is 0. The van der Waals surface area contributed by atoms with Gasteiger partial charge < -0.3 is 10.1 Å². The number of ether oxygens (including phenoxy) is 1. The minimum Gasteiger partial charge on any atom is -0.474 e. The zero-order chi connectivity index (χ0) is 19.8. The second-order valence-corrected chi connectivity index (χ2v) is 8.40. The summed E-state index contributed by atoms with van der Waals surface area (Å²) >= 11 is 12.2. The molecule has 2 aromatic heterocycles. The van der Waals surface area contributed by atoms with Crippen LogP contribution in [0.1, 0.15) is 48.8 Å². The first-order valence-electron chi connectivity index (χ1n) is 9.90. The summed E-state index contributed by atoms with van der Waals surface area (Å²) in [6.45, 7) is 1.46. The molecule has 0 bridgehead atoms. The number of pyridine rings is 1. The molecule has 0 radical (unpaired) electrons. The number of hydrogen-bond acceptors (Lipinski definition) is 5. The van der Waals surface area contributed by atoms with E-state index in [9.17, 15) is 0 Å². The summed E-state index contributed by atoms with van der Waals surface area (Å²) in [5, 5.41) is 13.7. The van der Waals surface area contributed by atoms with Gasteiger partial charge in [-0.05, 0) is 55.5 Å². The molecule has 2 aliphatic rings. The monoisotopic (exact) mass is 465 g/mol. The number of halogens is 3. The van der Waals surface area contributed by atoms with Crippen molar-refractivity contribution in [3.63, 3.8) is 0 Å². The lowest BCUT2D eigenvalue weighted by molar-refractivity contribution is 0.139. The van der Waals surface area contributed by atoms with Crippen molar-refractivity contribution < 1.29 is 4.74 Å². The smallest absolute Gasteiger partial charge is 0.214 e. The van der Waals surface area contributed by atoms with E-state index in [4.69, 9.17) is 27.9 Å². The van der Waals surface area contributed by atoms with Gasteiger partial charge in [0.05, 0.1) is 12.2 Å². The highest BCUT2D eigenvalue weighted by Gasteiger charge is 2.30. The normalized spacial score (nSPS) is 20.5. The zero-order valence-corrected chi connectivity index (χ0v) is 18.6. The molecule has 0 unspecified atom stereocenters. The summed E-state index contributed by atoms with van der Waals surface area (Å²) in [4.78, 5) is 4.24. The van der Waals surface area contributed by atoms with Gasteiger partial charge >= 0.3 is 0 Å². The number of hydrogen-bond donors (Lipinski definition) is 1. The molecule has 5 rings (SSSR count). The van der Waals surface area contributed by atoms with Gasteiger partial charge in [0.15, 0.2) is 5.82 Å². The predicted octanol–water partition coefficient (Wildman–Crippen LogP) is 5.10. The van der Waals surface area contributed by atoms with Gasteiger partial charge in [0.25, 0.3) is 0 Å². The molecule has 30 heavy (non-hydrogen) atoms. The first kappa shape index (κ1) is 21.4. The Balaban J connectivity index is 0.00000218. The van der Waals surface area contributed by atoms with E-state index >= 15 is 0 Å². The lowest BCUT2D eigenvalue weighted by Crippen LogP contribution is -2.25. The molecule has 0 amide bonds. The van der Waals surface area contributed by atoms with Crippen molar-refractivity contribution >= 4 is 35.6 Å². The number of aromatic nitrogens is 4. The third kappa shape index (κ3) is 4.28. The molecule has 1 saturated carbocycles. The van der Waals surface area contributed by atoms with Crippen LogP contribution in [0.5, 0.6) is 5.88 Å². The molecule has 1 N–H and O–H groups in total. The predicted molar refractivity (Wildman–Crippen MR) is 119 cm³/mol. The minimum atomic E-state index is 0. The van der Waals surface area contributed by atoms with Crippen molar-refractivity contribution in [1.82, 2.24) is 25.1 Å². The van der Waals surface area contributed by atoms with Gasteiger partial charge in [0, 0.05) is 23.6 Å². The van der Waals surface area contributed by atoms with E-state index in [0.717, 1.165) is 54.6 Å². The number of nitrogens with one attached hydrogen (secondary N) is 1. The van der Waals surface area contributed by atoms with Crippen LogP contribution >= 0.6 is 35.6 Å². The van der Waals surface area contributed by atoms with E-state index < -0.39 is 0 Å². The van der Waals surface area contributed by atoms with Crippen LogP contribution in [0.3, 0.4) is 0 Å². The Hall–Kier alpha value is -1.86. The van der Waals surface area contributed by atoms with Crippen LogP contribution in [-0.4, -0.2) is 25.9 Å². The average Bonchev–Trinajstić information content (AvgIpc) is 3.04. The summed E-state index contributed by atoms with van der Waals surface area (Å²) in [5.74, 6) is 2.92. The topological polar surface area (TPSA) is 64.9 Å². The van der Waals surface area contributed by atoms with E-state index in [1.807, 2.05) is 24.3 Å². The number of rotatable bonds is 3. The fourth-order valence-electron chi connectivity index (χ4n) is 4.26. The lowest BCUT2D eigenvalue weighted by atomic mass is 9.86.